The topological polar surface area (TPSA) is 55.6 Å². The number of thiophene rings is 1. The van der Waals surface area contributed by atoms with Crippen molar-refractivity contribution in [2.45, 2.75) is 13.1 Å². The summed E-state index contributed by atoms with van der Waals surface area (Å²) in [6.07, 6.45) is 0. The van der Waals surface area contributed by atoms with E-state index in [9.17, 15) is 4.79 Å². The van der Waals surface area contributed by atoms with Crippen LogP contribution < -0.4 is 5.73 Å². The van der Waals surface area contributed by atoms with E-state index in [-0.39, 0.29) is 0 Å². The molecule has 1 heterocycles. The summed E-state index contributed by atoms with van der Waals surface area (Å²) < 4.78 is 5.93. The molecule has 0 aliphatic rings. The molecule has 0 atom stereocenters. The minimum atomic E-state index is -0.394. The Hall–Kier alpha value is -1.37. The molecule has 2 rings (SSSR count). The van der Waals surface area contributed by atoms with Gasteiger partial charge in [-0.05, 0) is 51.6 Å². The third kappa shape index (κ3) is 4.06. The van der Waals surface area contributed by atoms with Crippen LogP contribution in [0.25, 0.3) is 0 Å². The van der Waals surface area contributed by atoms with Gasteiger partial charge in [-0.2, -0.15) is 0 Å². The maximum absolute atomic E-state index is 11.9. The third-order valence-electron chi connectivity index (χ3n) is 3.09. The number of ether oxygens (including phenoxy) is 1. The first-order chi connectivity index (χ1) is 10.0. The monoisotopic (exact) mass is 368 g/mol. The van der Waals surface area contributed by atoms with Crippen LogP contribution in [0.1, 0.15) is 21.5 Å². The first-order valence-corrected chi connectivity index (χ1v) is 8.05. The van der Waals surface area contributed by atoms with Gasteiger partial charge in [-0.25, -0.2) is 4.79 Å². The largest absolute Gasteiger partial charge is 0.465 e. The van der Waals surface area contributed by atoms with Gasteiger partial charge in [0.15, 0.2) is 0 Å². The van der Waals surface area contributed by atoms with Gasteiger partial charge in [-0.15, -0.1) is 11.3 Å². The van der Waals surface area contributed by atoms with Gasteiger partial charge < -0.3 is 10.5 Å². The molecule has 4 nitrogen and oxygen atoms in total. The summed E-state index contributed by atoms with van der Waals surface area (Å²) in [5.74, 6) is -0.394. The van der Waals surface area contributed by atoms with Crippen LogP contribution in [0.5, 0.6) is 0 Å². The average Bonchev–Trinajstić information content (AvgIpc) is 2.83. The molecule has 1 aromatic carbocycles. The number of halogens is 1. The second-order valence-electron chi connectivity index (χ2n) is 4.80. The van der Waals surface area contributed by atoms with Crippen molar-refractivity contribution < 1.29 is 9.53 Å². The Kier molecular flexibility index (Phi) is 5.39. The van der Waals surface area contributed by atoms with Gasteiger partial charge >= 0.3 is 5.97 Å². The molecule has 1 aromatic heterocycles. The third-order valence-corrected chi connectivity index (χ3v) is 4.64. The summed E-state index contributed by atoms with van der Waals surface area (Å²) >= 11 is 5.12. The Morgan fingerprint density at radius 1 is 1.43 bits per heavy atom. The van der Waals surface area contributed by atoms with Crippen LogP contribution in [0.15, 0.2) is 33.4 Å². The van der Waals surface area contributed by atoms with E-state index in [1.54, 1.807) is 17.4 Å². The van der Waals surface area contributed by atoms with E-state index >= 15 is 0 Å². The van der Waals surface area contributed by atoms with Gasteiger partial charge in [0.25, 0.3) is 0 Å². The summed E-state index contributed by atoms with van der Waals surface area (Å²) in [6, 6.07) is 7.57. The number of nitrogens with zero attached hydrogens (tertiary/aromatic N) is 1. The molecule has 0 aliphatic carbocycles. The van der Waals surface area contributed by atoms with Crippen LogP contribution >= 0.6 is 27.3 Å². The molecule has 0 fully saturated rings. The lowest BCUT2D eigenvalue weighted by molar-refractivity contribution is 0.0599. The average molecular weight is 369 g/mol. The van der Waals surface area contributed by atoms with E-state index in [1.165, 1.54) is 12.7 Å². The Bertz CT molecular complexity index is 642. The van der Waals surface area contributed by atoms with Crippen LogP contribution in [-0.4, -0.2) is 25.0 Å². The molecule has 0 saturated carbocycles. The molecule has 0 spiro atoms. The zero-order valence-electron chi connectivity index (χ0n) is 11.9. The predicted octanol–water partition coefficient (Wildman–Crippen LogP) is 3.51. The fourth-order valence-electron chi connectivity index (χ4n) is 2.19. The highest BCUT2D eigenvalue weighted by Crippen LogP contribution is 2.23. The van der Waals surface area contributed by atoms with Crippen LogP contribution in [0.3, 0.4) is 0 Å². The number of hydrogen-bond donors (Lipinski definition) is 1. The molecule has 2 aromatic rings. The van der Waals surface area contributed by atoms with Crippen molar-refractivity contribution in [2.24, 2.45) is 0 Å². The molecule has 0 unspecified atom stereocenters. The lowest BCUT2D eigenvalue weighted by atomic mass is 10.0. The summed E-state index contributed by atoms with van der Waals surface area (Å²) in [7, 11) is 3.38. The number of nitrogen functional groups attached to an aromatic ring is 1. The number of carbonyl (C=O) groups excluding carboxylic acids is 1. The summed E-state index contributed by atoms with van der Waals surface area (Å²) in [5.41, 5.74) is 8.92. The van der Waals surface area contributed by atoms with Crippen molar-refractivity contribution in [2.75, 3.05) is 19.9 Å². The highest BCUT2D eigenvalue weighted by Gasteiger charge is 2.16. The van der Waals surface area contributed by atoms with E-state index in [1.807, 2.05) is 19.2 Å². The summed E-state index contributed by atoms with van der Waals surface area (Å²) in [5, 5.41) is 2.11. The van der Waals surface area contributed by atoms with Crippen molar-refractivity contribution in [3.05, 3.63) is 50.1 Å². The van der Waals surface area contributed by atoms with Gasteiger partial charge in [0.2, 0.25) is 0 Å². The quantitative estimate of drug-likeness (QED) is 0.647. The molecular weight excluding hydrogens is 352 g/mol. The SMILES string of the molecule is COC(=O)c1c(N)cccc1CN(C)Cc1csc(Br)c1. The van der Waals surface area contributed by atoms with E-state index in [0.29, 0.717) is 17.8 Å². The number of nitrogens with two attached hydrogens (primary N) is 1. The zero-order valence-corrected chi connectivity index (χ0v) is 14.3. The number of rotatable bonds is 5. The van der Waals surface area contributed by atoms with Crippen LogP contribution in [0, 0.1) is 0 Å². The normalized spacial score (nSPS) is 10.9. The fraction of sp³-hybridized carbons (Fsp3) is 0.267. The van der Waals surface area contributed by atoms with E-state index in [0.717, 1.165) is 15.9 Å². The second-order valence-corrected chi connectivity index (χ2v) is 7.09. The number of anilines is 1. The first-order valence-electron chi connectivity index (χ1n) is 6.38. The van der Waals surface area contributed by atoms with Crippen molar-refractivity contribution >= 4 is 38.9 Å². The summed E-state index contributed by atoms with van der Waals surface area (Å²) in [4.78, 5) is 14.0. The van der Waals surface area contributed by atoms with E-state index in [2.05, 4.69) is 32.3 Å². The predicted molar refractivity (Wildman–Crippen MR) is 89.4 cm³/mol. The molecule has 21 heavy (non-hydrogen) atoms. The molecule has 0 aliphatic heterocycles. The van der Waals surface area contributed by atoms with Gasteiger partial charge in [0.1, 0.15) is 0 Å². The maximum Gasteiger partial charge on any atom is 0.340 e. The Balaban J connectivity index is 2.15. The number of benzene rings is 1. The van der Waals surface area contributed by atoms with Crippen LogP contribution in [-0.2, 0) is 17.8 Å². The Morgan fingerprint density at radius 3 is 2.81 bits per heavy atom. The van der Waals surface area contributed by atoms with E-state index < -0.39 is 5.97 Å². The first kappa shape index (κ1) is 16.0. The molecule has 0 radical (unpaired) electrons. The lowest BCUT2D eigenvalue weighted by Gasteiger charge is -2.18. The number of carbonyl (C=O) groups is 1. The highest BCUT2D eigenvalue weighted by molar-refractivity contribution is 9.11. The molecule has 6 heteroatoms. The Labute approximate surface area is 136 Å². The number of methoxy groups -OCH3 is 1. The minimum absolute atomic E-state index is 0.394. The molecular formula is C15H17BrN2O2S. The van der Waals surface area contributed by atoms with Crippen molar-refractivity contribution in [1.82, 2.24) is 4.90 Å². The van der Waals surface area contributed by atoms with Crippen molar-refractivity contribution in [3.8, 4) is 0 Å². The molecule has 0 amide bonds. The molecule has 2 N–H and O–H groups in total. The van der Waals surface area contributed by atoms with Gasteiger partial charge in [0, 0.05) is 18.8 Å². The van der Waals surface area contributed by atoms with Crippen LogP contribution in [0.4, 0.5) is 5.69 Å². The van der Waals surface area contributed by atoms with Gasteiger partial charge in [-0.3, -0.25) is 4.90 Å². The summed E-state index contributed by atoms with van der Waals surface area (Å²) in [6.45, 7) is 1.43. The van der Waals surface area contributed by atoms with Crippen molar-refractivity contribution in [3.63, 3.8) is 0 Å². The number of hydrogen-bond acceptors (Lipinski definition) is 5. The van der Waals surface area contributed by atoms with Crippen LogP contribution in [0.2, 0.25) is 0 Å². The van der Waals surface area contributed by atoms with Gasteiger partial charge in [-0.1, -0.05) is 12.1 Å². The molecule has 112 valence electrons. The number of esters is 1. The second kappa shape index (κ2) is 7.06. The van der Waals surface area contributed by atoms with Crippen molar-refractivity contribution in [1.29, 1.82) is 0 Å². The smallest absolute Gasteiger partial charge is 0.340 e. The minimum Gasteiger partial charge on any atom is -0.465 e. The Morgan fingerprint density at radius 2 is 2.19 bits per heavy atom. The van der Waals surface area contributed by atoms with E-state index in [4.69, 9.17) is 10.5 Å². The zero-order chi connectivity index (χ0) is 15.4. The maximum atomic E-state index is 11.9. The highest BCUT2D eigenvalue weighted by atomic mass is 79.9. The standard InChI is InChI=1S/C15H17BrN2O2S/c1-18(7-10-6-13(16)21-9-10)8-11-4-3-5-12(17)14(11)15(19)20-2/h3-6,9H,7-8,17H2,1-2H3. The molecule has 0 saturated heterocycles. The molecule has 0 bridgehead atoms. The lowest BCUT2D eigenvalue weighted by Crippen LogP contribution is -2.20. The fourth-order valence-corrected chi connectivity index (χ4v) is 3.39. The van der Waals surface area contributed by atoms with Gasteiger partial charge in [0.05, 0.1) is 16.5 Å².